The van der Waals surface area contributed by atoms with Crippen LogP contribution in [-0.2, 0) is 10.0 Å². The number of aryl methyl sites for hydroxylation is 2. The molecule has 1 saturated heterocycles. The monoisotopic (exact) mass is 362 g/mol. The van der Waals surface area contributed by atoms with Gasteiger partial charge in [0.2, 0.25) is 10.0 Å². The Balaban J connectivity index is 1.80. The average Bonchev–Trinajstić information content (AvgIpc) is 2.64. The Morgan fingerprint density at radius 3 is 2.40 bits per heavy atom. The third kappa shape index (κ3) is 3.45. The molecule has 8 heteroatoms. The van der Waals surface area contributed by atoms with E-state index in [0.29, 0.717) is 42.4 Å². The fourth-order valence-electron chi connectivity index (χ4n) is 3.02. The Morgan fingerprint density at radius 2 is 1.80 bits per heavy atom. The first-order valence-electron chi connectivity index (χ1n) is 8.11. The van der Waals surface area contributed by atoms with Crippen LogP contribution in [0.25, 0.3) is 0 Å². The number of aromatic nitrogens is 2. The first-order chi connectivity index (χ1) is 11.9. The lowest BCUT2D eigenvalue weighted by Gasteiger charge is -2.34. The minimum Gasteiger partial charge on any atom is -0.496 e. The summed E-state index contributed by atoms with van der Waals surface area (Å²) in [6.07, 6.45) is 1.62. The third-order valence-electron chi connectivity index (χ3n) is 4.43. The Hall–Kier alpha value is -2.19. The first kappa shape index (κ1) is 17.6. The predicted molar refractivity (Wildman–Crippen MR) is 95.5 cm³/mol. The van der Waals surface area contributed by atoms with Crippen molar-refractivity contribution in [2.75, 3.05) is 38.2 Å². The zero-order valence-electron chi connectivity index (χ0n) is 14.6. The van der Waals surface area contributed by atoms with Gasteiger partial charge in [-0.1, -0.05) is 0 Å². The summed E-state index contributed by atoms with van der Waals surface area (Å²) in [4.78, 5) is 2.39. The molecule has 1 aromatic carbocycles. The predicted octanol–water partition coefficient (Wildman–Crippen LogP) is 1.61. The molecule has 7 nitrogen and oxygen atoms in total. The van der Waals surface area contributed by atoms with E-state index < -0.39 is 10.0 Å². The lowest BCUT2D eigenvalue weighted by atomic mass is 10.1. The van der Waals surface area contributed by atoms with Gasteiger partial charge in [0.1, 0.15) is 5.75 Å². The molecule has 2 heterocycles. The Morgan fingerprint density at radius 1 is 1.08 bits per heavy atom. The van der Waals surface area contributed by atoms with Gasteiger partial charge in [0, 0.05) is 32.4 Å². The second-order valence-corrected chi connectivity index (χ2v) is 7.97. The highest BCUT2D eigenvalue weighted by molar-refractivity contribution is 7.89. The summed E-state index contributed by atoms with van der Waals surface area (Å²) in [6, 6.07) is 7.18. The van der Waals surface area contributed by atoms with Crippen molar-refractivity contribution >= 4 is 15.8 Å². The maximum absolute atomic E-state index is 13.0. The molecule has 0 radical (unpaired) electrons. The van der Waals surface area contributed by atoms with Gasteiger partial charge in [0.05, 0.1) is 12.0 Å². The SMILES string of the molecule is COc1cc(C)c(S(=O)(=O)N2CCN(c3cccnn3)CC2)cc1C. The molecule has 0 atom stereocenters. The highest BCUT2D eigenvalue weighted by atomic mass is 32.2. The molecule has 0 amide bonds. The van der Waals surface area contributed by atoms with E-state index >= 15 is 0 Å². The van der Waals surface area contributed by atoms with Gasteiger partial charge in [-0.05, 0) is 49.2 Å². The summed E-state index contributed by atoms with van der Waals surface area (Å²) in [7, 11) is -1.95. The van der Waals surface area contributed by atoms with Gasteiger partial charge in [-0.3, -0.25) is 0 Å². The highest BCUT2D eigenvalue weighted by Gasteiger charge is 2.30. The summed E-state index contributed by atoms with van der Waals surface area (Å²) in [5.41, 5.74) is 1.50. The van der Waals surface area contributed by atoms with Crippen molar-refractivity contribution < 1.29 is 13.2 Å². The van der Waals surface area contributed by atoms with Gasteiger partial charge in [-0.25, -0.2) is 8.42 Å². The molecule has 0 bridgehead atoms. The van der Waals surface area contributed by atoms with Crippen molar-refractivity contribution in [1.29, 1.82) is 0 Å². The number of piperazine rings is 1. The smallest absolute Gasteiger partial charge is 0.243 e. The van der Waals surface area contributed by atoms with Crippen molar-refractivity contribution in [2.24, 2.45) is 0 Å². The van der Waals surface area contributed by atoms with Crippen molar-refractivity contribution in [3.05, 3.63) is 41.6 Å². The first-order valence-corrected chi connectivity index (χ1v) is 9.55. The molecule has 3 rings (SSSR count). The van der Waals surface area contributed by atoms with Crippen LogP contribution in [-0.4, -0.2) is 56.2 Å². The number of anilines is 1. The van der Waals surface area contributed by atoms with Crippen molar-refractivity contribution in [2.45, 2.75) is 18.7 Å². The summed E-state index contributed by atoms with van der Waals surface area (Å²) in [5, 5.41) is 7.96. The summed E-state index contributed by atoms with van der Waals surface area (Å²) >= 11 is 0. The van der Waals surface area contributed by atoms with E-state index in [1.807, 2.05) is 24.0 Å². The van der Waals surface area contributed by atoms with E-state index in [1.54, 1.807) is 32.4 Å². The molecular formula is C17H22N4O3S. The fourth-order valence-corrected chi connectivity index (χ4v) is 4.73. The number of ether oxygens (including phenoxy) is 1. The Kier molecular flexibility index (Phi) is 4.91. The van der Waals surface area contributed by atoms with Crippen LogP contribution < -0.4 is 9.64 Å². The minimum atomic E-state index is -3.53. The van der Waals surface area contributed by atoms with E-state index in [9.17, 15) is 8.42 Å². The van der Waals surface area contributed by atoms with Gasteiger partial charge >= 0.3 is 0 Å². The highest BCUT2D eigenvalue weighted by Crippen LogP contribution is 2.28. The van der Waals surface area contributed by atoms with Crippen LogP contribution in [0.3, 0.4) is 0 Å². The number of nitrogens with zero attached hydrogens (tertiary/aromatic N) is 4. The van der Waals surface area contributed by atoms with E-state index in [2.05, 4.69) is 10.2 Å². The molecule has 1 fully saturated rings. The summed E-state index contributed by atoms with van der Waals surface area (Å²) in [6.45, 7) is 5.67. The van der Waals surface area contributed by atoms with Crippen LogP contribution in [0, 0.1) is 13.8 Å². The largest absolute Gasteiger partial charge is 0.496 e. The van der Waals surface area contributed by atoms with Crippen LogP contribution in [0.15, 0.2) is 35.4 Å². The average molecular weight is 362 g/mol. The number of methoxy groups -OCH3 is 1. The van der Waals surface area contributed by atoms with E-state index in [1.165, 1.54) is 4.31 Å². The third-order valence-corrected chi connectivity index (χ3v) is 6.47. The normalized spacial score (nSPS) is 16.0. The number of hydrogen-bond acceptors (Lipinski definition) is 6. The van der Waals surface area contributed by atoms with Crippen LogP contribution >= 0.6 is 0 Å². The van der Waals surface area contributed by atoms with Crippen LogP contribution in [0.2, 0.25) is 0 Å². The quantitative estimate of drug-likeness (QED) is 0.823. The fraction of sp³-hybridized carbons (Fsp3) is 0.412. The molecule has 0 saturated carbocycles. The zero-order chi connectivity index (χ0) is 18.0. The lowest BCUT2D eigenvalue weighted by molar-refractivity contribution is 0.382. The van der Waals surface area contributed by atoms with Crippen molar-refractivity contribution in [3.8, 4) is 5.75 Å². The molecule has 0 unspecified atom stereocenters. The number of benzene rings is 1. The zero-order valence-corrected chi connectivity index (χ0v) is 15.5. The van der Waals surface area contributed by atoms with Gasteiger partial charge < -0.3 is 9.64 Å². The molecule has 0 N–H and O–H groups in total. The second-order valence-electron chi connectivity index (χ2n) is 6.06. The molecule has 0 spiro atoms. The second kappa shape index (κ2) is 6.97. The van der Waals surface area contributed by atoms with Gasteiger partial charge in [0.15, 0.2) is 5.82 Å². The minimum absolute atomic E-state index is 0.346. The maximum Gasteiger partial charge on any atom is 0.243 e. The van der Waals surface area contributed by atoms with E-state index in [4.69, 9.17) is 4.74 Å². The molecular weight excluding hydrogens is 340 g/mol. The molecule has 0 aliphatic carbocycles. The maximum atomic E-state index is 13.0. The number of hydrogen-bond donors (Lipinski definition) is 0. The van der Waals surface area contributed by atoms with Crippen molar-refractivity contribution in [1.82, 2.24) is 14.5 Å². The molecule has 1 aromatic heterocycles. The molecule has 1 aliphatic heterocycles. The topological polar surface area (TPSA) is 75.6 Å². The molecule has 134 valence electrons. The van der Waals surface area contributed by atoms with Gasteiger partial charge in [0.25, 0.3) is 0 Å². The van der Waals surface area contributed by atoms with E-state index in [0.717, 1.165) is 11.4 Å². The number of sulfonamides is 1. The summed E-state index contributed by atoms with van der Waals surface area (Å²) < 4.78 is 32.9. The van der Waals surface area contributed by atoms with Crippen molar-refractivity contribution in [3.63, 3.8) is 0 Å². The molecule has 2 aromatic rings. The standard InChI is InChI=1S/C17H22N4O3S/c1-13-12-16(14(2)11-15(13)24-3)25(22,23)21-9-7-20(8-10-21)17-5-4-6-18-19-17/h4-6,11-12H,7-10H2,1-3H3. The summed E-state index contributed by atoms with van der Waals surface area (Å²) in [5.74, 6) is 1.47. The lowest BCUT2D eigenvalue weighted by Crippen LogP contribution is -2.49. The number of rotatable bonds is 4. The van der Waals surface area contributed by atoms with Crippen LogP contribution in [0.4, 0.5) is 5.82 Å². The van der Waals surface area contributed by atoms with Crippen LogP contribution in [0.5, 0.6) is 5.75 Å². The van der Waals surface area contributed by atoms with Crippen LogP contribution in [0.1, 0.15) is 11.1 Å². The molecule has 25 heavy (non-hydrogen) atoms. The molecule has 1 aliphatic rings. The van der Waals surface area contributed by atoms with E-state index in [-0.39, 0.29) is 0 Å². The van der Waals surface area contributed by atoms with Gasteiger partial charge in [-0.15, -0.1) is 5.10 Å². The Bertz CT molecular complexity index is 848. The van der Waals surface area contributed by atoms with Gasteiger partial charge in [-0.2, -0.15) is 9.40 Å². The Labute approximate surface area is 148 Å².